The Bertz CT molecular complexity index is 1290. The maximum atomic E-state index is 12.9. The first-order chi connectivity index (χ1) is 16.7. The number of fused-ring (bicyclic) bond motifs is 1. The lowest BCUT2D eigenvalue weighted by Gasteiger charge is -2.23. The van der Waals surface area contributed by atoms with Crippen LogP contribution in [-0.4, -0.2) is 36.6 Å². The van der Waals surface area contributed by atoms with Crippen molar-refractivity contribution in [3.63, 3.8) is 0 Å². The monoisotopic (exact) mass is 456 g/mol. The van der Waals surface area contributed by atoms with E-state index in [4.69, 9.17) is 0 Å². The molecule has 0 bridgehead atoms. The summed E-state index contributed by atoms with van der Waals surface area (Å²) in [6.45, 7) is 4.12. The topological polar surface area (TPSA) is 79.7 Å². The van der Waals surface area contributed by atoms with Gasteiger partial charge in [0.15, 0.2) is 5.82 Å². The molecular weight excluding hydrogens is 424 g/mol. The van der Waals surface area contributed by atoms with Crippen LogP contribution in [0.1, 0.15) is 61.2 Å². The number of H-pyrrole nitrogens is 1. The van der Waals surface area contributed by atoms with E-state index in [1.807, 2.05) is 22.9 Å². The molecule has 1 aliphatic carbocycles. The van der Waals surface area contributed by atoms with Crippen LogP contribution in [0.2, 0.25) is 0 Å². The van der Waals surface area contributed by atoms with Crippen LogP contribution >= 0.6 is 0 Å². The Morgan fingerprint density at radius 2 is 1.85 bits per heavy atom. The Kier molecular flexibility index (Phi) is 6.81. The lowest BCUT2D eigenvalue weighted by Crippen LogP contribution is -2.30. The molecule has 1 aliphatic rings. The molecule has 4 aromatic rings. The molecule has 0 atom stereocenters. The van der Waals surface area contributed by atoms with Gasteiger partial charge in [0.1, 0.15) is 0 Å². The number of rotatable bonds is 9. The highest BCUT2D eigenvalue weighted by Crippen LogP contribution is 2.29. The molecule has 0 amide bonds. The average Bonchev–Trinajstić information content (AvgIpc) is 3.55. The van der Waals surface area contributed by atoms with Gasteiger partial charge in [-0.3, -0.25) is 9.69 Å². The summed E-state index contributed by atoms with van der Waals surface area (Å²) in [4.78, 5) is 18.3. The summed E-state index contributed by atoms with van der Waals surface area (Å²) in [7, 11) is 0. The molecule has 7 heteroatoms. The summed E-state index contributed by atoms with van der Waals surface area (Å²) < 4.78 is 2.01. The van der Waals surface area contributed by atoms with Crippen molar-refractivity contribution < 1.29 is 0 Å². The van der Waals surface area contributed by atoms with Gasteiger partial charge in [0, 0.05) is 24.2 Å². The second kappa shape index (κ2) is 10.3. The Morgan fingerprint density at radius 1 is 1.03 bits per heavy atom. The van der Waals surface area contributed by atoms with Crippen LogP contribution in [-0.2, 0) is 25.9 Å². The second-order valence-electron chi connectivity index (χ2n) is 9.32. The van der Waals surface area contributed by atoms with E-state index in [2.05, 4.69) is 68.7 Å². The van der Waals surface area contributed by atoms with Crippen LogP contribution in [0.5, 0.6) is 0 Å². The van der Waals surface area contributed by atoms with Gasteiger partial charge in [-0.25, -0.2) is 4.68 Å². The summed E-state index contributed by atoms with van der Waals surface area (Å²) in [5, 5.41) is 13.7. The SMILES string of the molecule is CCc1ccc2[nH]c(=O)c(CN(CCc3ccccc3)Cc3nnnn3C3CCCC3)cc2c1. The third-order valence-corrected chi connectivity index (χ3v) is 6.94. The molecule has 1 N–H and O–H groups in total. The van der Waals surface area contributed by atoms with Gasteiger partial charge < -0.3 is 4.98 Å². The maximum Gasteiger partial charge on any atom is 0.252 e. The number of aromatic nitrogens is 5. The molecule has 0 saturated heterocycles. The van der Waals surface area contributed by atoms with Gasteiger partial charge in [0.05, 0.1) is 12.6 Å². The van der Waals surface area contributed by atoms with E-state index >= 15 is 0 Å². The largest absolute Gasteiger partial charge is 0.322 e. The third-order valence-electron chi connectivity index (χ3n) is 6.94. The van der Waals surface area contributed by atoms with Crippen LogP contribution in [0, 0.1) is 0 Å². The molecule has 2 aromatic heterocycles. The first-order valence-corrected chi connectivity index (χ1v) is 12.4. The van der Waals surface area contributed by atoms with Gasteiger partial charge in [0.25, 0.3) is 5.56 Å². The first kappa shape index (κ1) is 22.5. The van der Waals surface area contributed by atoms with Crippen molar-refractivity contribution in [3.05, 3.63) is 87.5 Å². The molecule has 1 saturated carbocycles. The quantitative estimate of drug-likeness (QED) is 0.403. The Balaban J connectivity index is 1.42. The van der Waals surface area contributed by atoms with Crippen LogP contribution < -0.4 is 5.56 Å². The molecule has 0 aliphatic heterocycles. The Hall–Kier alpha value is -3.32. The third kappa shape index (κ3) is 5.09. The highest BCUT2D eigenvalue weighted by atomic mass is 16.1. The van der Waals surface area contributed by atoms with E-state index in [0.29, 0.717) is 19.1 Å². The second-order valence-corrected chi connectivity index (χ2v) is 9.32. The standard InChI is InChI=1S/C27H32N6O/c1-2-20-12-13-25-22(16-20)17-23(27(34)28-25)18-32(15-14-21-8-4-3-5-9-21)19-26-29-30-31-33(26)24-10-6-7-11-24/h3-5,8-9,12-13,16-17,24H,2,6-7,10-11,14-15,18-19H2,1H3,(H,28,34). The number of hydrogen-bond donors (Lipinski definition) is 1. The van der Waals surface area contributed by atoms with Crippen molar-refractivity contribution in [2.24, 2.45) is 0 Å². The zero-order valence-electron chi connectivity index (χ0n) is 19.8. The number of aromatic amines is 1. The average molecular weight is 457 g/mol. The van der Waals surface area contributed by atoms with E-state index < -0.39 is 0 Å². The summed E-state index contributed by atoms with van der Waals surface area (Å²) in [5.41, 5.74) is 4.17. The van der Waals surface area contributed by atoms with Gasteiger partial charge in [-0.05, 0) is 70.8 Å². The fourth-order valence-corrected chi connectivity index (χ4v) is 4.97. The molecule has 0 radical (unpaired) electrons. The summed E-state index contributed by atoms with van der Waals surface area (Å²) in [6, 6.07) is 19.2. The highest BCUT2D eigenvalue weighted by Gasteiger charge is 2.23. The van der Waals surface area contributed by atoms with E-state index in [1.54, 1.807) is 0 Å². The molecule has 2 heterocycles. The molecule has 7 nitrogen and oxygen atoms in total. The van der Waals surface area contributed by atoms with Crippen LogP contribution in [0.3, 0.4) is 0 Å². The van der Waals surface area contributed by atoms with E-state index in [-0.39, 0.29) is 5.56 Å². The van der Waals surface area contributed by atoms with Gasteiger partial charge in [-0.2, -0.15) is 0 Å². The first-order valence-electron chi connectivity index (χ1n) is 12.4. The number of hydrogen-bond acceptors (Lipinski definition) is 5. The lowest BCUT2D eigenvalue weighted by molar-refractivity contribution is 0.243. The summed E-state index contributed by atoms with van der Waals surface area (Å²) in [5.74, 6) is 0.880. The fraction of sp³-hybridized carbons (Fsp3) is 0.407. The zero-order valence-corrected chi connectivity index (χ0v) is 19.8. The van der Waals surface area contributed by atoms with Crippen molar-refractivity contribution in [1.82, 2.24) is 30.1 Å². The fourth-order valence-electron chi connectivity index (χ4n) is 4.97. The number of tetrazole rings is 1. The minimum atomic E-state index is -0.0307. The van der Waals surface area contributed by atoms with Crippen molar-refractivity contribution in [1.29, 1.82) is 0 Å². The van der Waals surface area contributed by atoms with Gasteiger partial charge in [0.2, 0.25) is 0 Å². The molecular formula is C27H32N6O. The number of aryl methyl sites for hydroxylation is 1. The Labute approximate surface area is 199 Å². The van der Waals surface area contributed by atoms with Crippen molar-refractivity contribution in [3.8, 4) is 0 Å². The van der Waals surface area contributed by atoms with Crippen LogP contribution in [0.15, 0.2) is 59.4 Å². The smallest absolute Gasteiger partial charge is 0.252 e. The van der Waals surface area contributed by atoms with E-state index in [1.165, 1.54) is 24.0 Å². The zero-order chi connectivity index (χ0) is 23.3. The highest BCUT2D eigenvalue weighted by molar-refractivity contribution is 5.79. The van der Waals surface area contributed by atoms with Gasteiger partial charge >= 0.3 is 0 Å². The predicted octanol–water partition coefficient (Wildman–Crippen LogP) is 4.44. The van der Waals surface area contributed by atoms with Crippen LogP contribution in [0.4, 0.5) is 0 Å². The molecule has 1 fully saturated rings. The maximum absolute atomic E-state index is 12.9. The van der Waals surface area contributed by atoms with Gasteiger partial charge in [-0.1, -0.05) is 56.2 Å². The summed E-state index contributed by atoms with van der Waals surface area (Å²) >= 11 is 0. The molecule has 34 heavy (non-hydrogen) atoms. The summed E-state index contributed by atoms with van der Waals surface area (Å²) in [6.07, 6.45) is 6.59. The molecule has 5 rings (SSSR count). The number of benzene rings is 2. The Morgan fingerprint density at radius 3 is 2.65 bits per heavy atom. The minimum Gasteiger partial charge on any atom is -0.322 e. The van der Waals surface area contributed by atoms with Crippen LogP contribution in [0.25, 0.3) is 10.9 Å². The number of nitrogens with one attached hydrogen (secondary N) is 1. The number of nitrogens with zero attached hydrogens (tertiary/aromatic N) is 5. The van der Waals surface area contributed by atoms with Gasteiger partial charge in [-0.15, -0.1) is 5.10 Å². The predicted molar refractivity (Wildman–Crippen MR) is 134 cm³/mol. The normalized spacial score (nSPS) is 14.4. The van der Waals surface area contributed by atoms with Crippen molar-refractivity contribution in [2.75, 3.05) is 6.54 Å². The molecule has 2 aromatic carbocycles. The lowest BCUT2D eigenvalue weighted by atomic mass is 10.1. The van der Waals surface area contributed by atoms with Crippen molar-refractivity contribution >= 4 is 10.9 Å². The number of pyridine rings is 1. The van der Waals surface area contributed by atoms with E-state index in [9.17, 15) is 4.79 Å². The van der Waals surface area contributed by atoms with Crippen molar-refractivity contribution in [2.45, 2.75) is 64.6 Å². The van der Waals surface area contributed by atoms with E-state index in [0.717, 1.165) is 54.5 Å². The molecule has 176 valence electrons. The molecule has 0 unspecified atom stereocenters. The molecule has 0 spiro atoms. The minimum absolute atomic E-state index is 0.0307.